The molecule has 4 aromatic rings. The number of Topliss-reactive ketones (excluding diaryl/α,β-unsaturated/α-hetero) is 1. The molecule has 3 fully saturated rings. The SMILES string of the molecule is COc1ccc(CN(C[C@]2(O)CC[C@H]3[C@]45C=C[C@@]6(C=C4C(=O)c4ccc(C)s4)CC(O)CC[C@]6(C)[C@H]5CC[C@@]32C)C(=O)Oc2ccc3ccccc3c2)c(OC)c1. The third-order valence-electron chi connectivity index (χ3n) is 15.4. The van der Waals surface area contributed by atoms with Crippen LogP contribution in [0, 0.1) is 40.4 Å². The number of fused-ring (bicyclic) bond motifs is 2. The molecule has 10 rings (SSSR count). The number of carbonyl (C=O) groups is 2. The summed E-state index contributed by atoms with van der Waals surface area (Å²) < 4.78 is 17.4. The Kier molecular flexibility index (Phi) is 9.07. The zero-order chi connectivity index (χ0) is 40.0. The van der Waals surface area contributed by atoms with E-state index in [1.165, 1.54) is 11.3 Å². The highest BCUT2D eigenvalue weighted by molar-refractivity contribution is 7.14. The molecule has 9 heteroatoms. The summed E-state index contributed by atoms with van der Waals surface area (Å²) >= 11 is 1.53. The van der Waals surface area contributed by atoms with Gasteiger partial charge in [0.05, 0.1) is 43.9 Å². The number of aryl methyl sites for hydroxylation is 1. The normalized spacial score (nSPS) is 33.5. The van der Waals surface area contributed by atoms with Crippen LogP contribution in [0.2, 0.25) is 0 Å². The second-order valence-corrected chi connectivity index (χ2v) is 19.2. The lowest BCUT2D eigenvalue weighted by Gasteiger charge is -2.71. The first-order valence-electron chi connectivity index (χ1n) is 20.4. The zero-order valence-corrected chi connectivity index (χ0v) is 34.4. The average molecular weight is 788 g/mol. The van der Waals surface area contributed by atoms with Crippen molar-refractivity contribution in [3.8, 4) is 17.2 Å². The number of thiophene rings is 1. The van der Waals surface area contributed by atoms with Crippen LogP contribution in [0.25, 0.3) is 10.8 Å². The number of ketones is 1. The first kappa shape index (κ1) is 38.1. The van der Waals surface area contributed by atoms with Crippen molar-refractivity contribution in [2.24, 2.45) is 33.5 Å². The Balaban J connectivity index is 1.10. The minimum Gasteiger partial charge on any atom is -0.497 e. The fourth-order valence-corrected chi connectivity index (χ4v) is 13.2. The van der Waals surface area contributed by atoms with E-state index < -0.39 is 34.0 Å². The molecule has 298 valence electrons. The van der Waals surface area contributed by atoms with Crippen LogP contribution in [-0.4, -0.2) is 59.5 Å². The summed E-state index contributed by atoms with van der Waals surface area (Å²) in [6.07, 6.45) is 10.9. The van der Waals surface area contributed by atoms with Crippen LogP contribution >= 0.6 is 11.3 Å². The quantitative estimate of drug-likeness (QED) is 0.129. The Morgan fingerprint density at radius 1 is 0.842 bits per heavy atom. The molecule has 0 saturated heterocycles. The molecule has 8 nitrogen and oxygen atoms in total. The number of ether oxygens (including phenoxy) is 3. The van der Waals surface area contributed by atoms with Crippen molar-refractivity contribution in [1.29, 1.82) is 0 Å². The maximum Gasteiger partial charge on any atom is 0.415 e. The molecule has 2 bridgehead atoms. The second kappa shape index (κ2) is 13.6. The van der Waals surface area contributed by atoms with E-state index in [0.29, 0.717) is 36.5 Å². The van der Waals surface area contributed by atoms with Gasteiger partial charge in [-0.2, -0.15) is 0 Å². The van der Waals surface area contributed by atoms with Crippen LogP contribution in [0.15, 0.2) is 96.6 Å². The lowest BCUT2D eigenvalue weighted by Crippen LogP contribution is -2.67. The molecule has 8 atom stereocenters. The molecule has 1 amide bonds. The Morgan fingerprint density at radius 2 is 1.58 bits per heavy atom. The number of amides is 1. The first-order chi connectivity index (χ1) is 27.3. The molecule has 2 N–H and O–H groups in total. The number of methoxy groups -OCH3 is 2. The van der Waals surface area contributed by atoms with E-state index in [2.05, 4.69) is 32.1 Å². The summed E-state index contributed by atoms with van der Waals surface area (Å²) in [7, 11) is 3.20. The number of hydrogen-bond acceptors (Lipinski definition) is 8. The van der Waals surface area contributed by atoms with E-state index in [0.717, 1.165) is 57.3 Å². The predicted octanol–water partition coefficient (Wildman–Crippen LogP) is 9.70. The fourth-order valence-electron chi connectivity index (χ4n) is 12.4. The van der Waals surface area contributed by atoms with Crippen LogP contribution in [0.1, 0.15) is 78.9 Å². The van der Waals surface area contributed by atoms with Gasteiger partial charge in [0.1, 0.15) is 17.2 Å². The number of carbonyl (C=O) groups excluding carboxylic acids is 2. The third kappa shape index (κ3) is 5.66. The highest BCUT2D eigenvalue weighted by Gasteiger charge is 2.74. The maximum absolute atomic E-state index is 14.9. The van der Waals surface area contributed by atoms with Crippen LogP contribution in [0.3, 0.4) is 0 Å². The van der Waals surface area contributed by atoms with Crippen molar-refractivity contribution in [2.45, 2.75) is 84.0 Å². The number of rotatable bonds is 9. The van der Waals surface area contributed by atoms with Crippen LogP contribution < -0.4 is 14.2 Å². The minimum atomic E-state index is -1.29. The van der Waals surface area contributed by atoms with Gasteiger partial charge in [0.25, 0.3) is 0 Å². The van der Waals surface area contributed by atoms with Gasteiger partial charge in [0, 0.05) is 38.3 Å². The van der Waals surface area contributed by atoms with Gasteiger partial charge in [0.2, 0.25) is 0 Å². The standard InChI is InChI=1S/C48H53NO7S/c1-30-10-15-39(57-30)42(51)37-27-46-22-23-48(37)40(44(46,2)19-16-34(50)26-46)17-20-45(3)41(48)18-21-47(45,53)29-49(28-33-12-13-35(54-4)25-38(33)55-5)43(52)56-36-14-11-31-8-6-7-9-32(31)24-36/h6-15,22-25,27,34,40-41,50,53H,16-21,26,28-29H2,1-5H3/t34?,40-,41-,44-,45+,46+,47-,48-/m1/s1. The van der Waals surface area contributed by atoms with Crippen LogP contribution in [-0.2, 0) is 6.54 Å². The van der Waals surface area contributed by atoms with Crippen molar-refractivity contribution in [3.05, 3.63) is 112 Å². The third-order valence-corrected chi connectivity index (χ3v) is 16.4. The molecule has 57 heavy (non-hydrogen) atoms. The second-order valence-electron chi connectivity index (χ2n) is 18.0. The predicted molar refractivity (Wildman–Crippen MR) is 222 cm³/mol. The number of aliphatic hydroxyl groups is 2. The van der Waals surface area contributed by atoms with Crippen LogP contribution in [0.4, 0.5) is 4.79 Å². The molecule has 1 unspecified atom stereocenters. The highest BCUT2D eigenvalue weighted by Crippen LogP contribution is 2.78. The smallest absolute Gasteiger partial charge is 0.415 e. The van der Waals surface area contributed by atoms with E-state index in [1.54, 1.807) is 31.3 Å². The molecular weight excluding hydrogens is 735 g/mol. The molecule has 1 aromatic heterocycles. The van der Waals surface area contributed by atoms with Crippen molar-refractivity contribution in [1.82, 2.24) is 4.90 Å². The summed E-state index contributed by atoms with van der Waals surface area (Å²) in [5, 5.41) is 26.4. The molecule has 1 heterocycles. The minimum absolute atomic E-state index is 0.0383. The fraction of sp³-hybridized carbons (Fsp3) is 0.458. The number of hydrogen-bond donors (Lipinski definition) is 2. The van der Waals surface area contributed by atoms with Crippen molar-refractivity contribution < 1.29 is 34.0 Å². The lowest BCUT2D eigenvalue weighted by molar-refractivity contribution is -0.175. The average Bonchev–Trinajstić information content (AvgIpc) is 3.76. The van der Waals surface area contributed by atoms with E-state index in [-0.39, 0.29) is 36.1 Å². The number of allylic oxidation sites excluding steroid dienone is 4. The Bertz CT molecular complexity index is 2330. The van der Waals surface area contributed by atoms with Gasteiger partial charge in [-0.3, -0.25) is 4.79 Å². The van der Waals surface area contributed by atoms with E-state index in [1.807, 2.05) is 67.6 Å². The molecule has 6 aliphatic carbocycles. The Morgan fingerprint density at radius 3 is 2.33 bits per heavy atom. The Labute approximate surface area is 339 Å². The van der Waals surface area contributed by atoms with Crippen molar-refractivity contribution in [3.63, 3.8) is 0 Å². The summed E-state index contributed by atoms with van der Waals surface area (Å²) in [5.41, 5.74) is -1.49. The molecule has 6 aliphatic rings. The van der Waals surface area contributed by atoms with Gasteiger partial charge in [-0.05, 0) is 116 Å². The summed E-state index contributed by atoms with van der Waals surface area (Å²) in [6, 6.07) is 23.0. The highest BCUT2D eigenvalue weighted by atomic mass is 32.1. The van der Waals surface area contributed by atoms with Gasteiger partial charge >= 0.3 is 6.09 Å². The molecule has 0 aliphatic heterocycles. The monoisotopic (exact) mass is 787 g/mol. The lowest BCUT2D eigenvalue weighted by atomic mass is 9.32. The summed E-state index contributed by atoms with van der Waals surface area (Å²) in [4.78, 5) is 32.8. The van der Waals surface area contributed by atoms with Gasteiger partial charge in [-0.1, -0.05) is 62.4 Å². The van der Waals surface area contributed by atoms with E-state index in [4.69, 9.17) is 14.2 Å². The maximum atomic E-state index is 14.9. The van der Waals surface area contributed by atoms with Gasteiger partial charge < -0.3 is 29.3 Å². The molecular formula is C48H53NO7S. The zero-order valence-electron chi connectivity index (χ0n) is 33.5. The molecule has 3 saturated carbocycles. The first-order valence-corrected chi connectivity index (χ1v) is 21.2. The number of nitrogens with zero attached hydrogens (tertiary/aromatic N) is 1. The topological polar surface area (TPSA) is 106 Å². The molecule has 0 radical (unpaired) electrons. The van der Waals surface area contributed by atoms with Gasteiger partial charge in [0.15, 0.2) is 5.78 Å². The summed E-state index contributed by atoms with van der Waals surface area (Å²) in [6.45, 7) is 6.80. The van der Waals surface area contributed by atoms with E-state index >= 15 is 0 Å². The Hall–Kier alpha value is -4.44. The van der Waals surface area contributed by atoms with Crippen molar-refractivity contribution >= 4 is 34.0 Å². The van der Waals surface area contributed by atoms with Crippen molar-refractivity contribution in [2.75, 3.05) is 20.8 Å². The molecule has 2 spiro atoms. The van der Waals surface area contributed by atoms with Crippen LogP contribution in [0.5, 0.6) is 17.2 Å². The van der Waals surface area contributed by atoms with Gasteiger partial charge in [-0.25, -0.2) is 4.79 Å². The summed E-state index contributed by atoms with van der Waals surface area (Å²) in [5.74, 6) is 1.81. The number of aliphatic hydroxyl groups excluding tert-OH is 1. The number of benzene rings is 3. The molecule has 3 aromatic carbocycles. The van der Waals surface area contributed by atoms with E-state index in [9.17, 15) is 19.8 Å². The van der Waals surface area contributed by atoms with Gasteiger partial charge in [-0.15, -0.1) is 11.3 Å². The largest absolute Gasteiger partial charge is 0.497 e.